The number of carboxylic acids is 1. The van der Waals surface area contributed by atoms with Crippen LogP contribution in [0.2, 0.25) is 0 Å². The molecule has 8 heteroatoms. The lowest BCUT2D eigenvalue weighted by atomic mass is 9.94. The van der Waals surface area contributed by atoms with Gasteiger partial charge in [-0.2, -0.15) is 0 Å². The molecule has 1 aliphatic heterocycles. The Labute approximate surface area is 188 Å². The van der Waals surface area contributed by atoms with E-state index in [1.807, 2.05) is 0 Å². The van der Waals surface area contributed by atoms with Gasteiger partial charge >= 0.3 is 14.0 Å². The first kappa shape index (κ1) is 24.1. The zero-order valence-electron chi connectivity index (χ0n) is 18.3. The van der Waals surface area contributed by atoms with Crippen LogP contribution in [0.3, 0.4) is 0 Å². The number of halogens is 1. The molecule has 32 heavy (non-hydrogen) atoms. The smallest absolute Gasteiger partial charge is 0.481 e. The molecule has 0 aliphatic carbocycles. The Balaban J connectivity index is 1.88. The number of hydrogen-bond acceptors (Lipinski definition) is 4. The summed E-state index contributed by atoms with van der Waals surface area (Å²) >= 11 is 0. The zero-order chi connectivity index (χ0) is 23.3. The summed E-state index contributed by atoms with van der Waals surface area (Å²) in [4.78, 5) is 10.6. The molecule has 2 N–H and O–H groups in total. The van der Waals surface area contributed by atoms with Crippen molar-refractivity contribution in [1.82, 2.24) is 4.57 Å². The van der Waals surface area contributed by atoms with Crippen molar-refractivity contribution in [2.45, 2.75) is 58.1 Å². The largest absolute Gasteiger partial charge is 0.511 e. The van der Waals surface area contributed by atoms with Crippen LogP contribution in [-0.4, -0.2) is 39.6 Å². The number of rotatable bonds is 8. The maximum absolute atomic E-state index is 13.5. The second kappa shape index (κ2) is 10.9. The summed E-state index contributed by atoms with van der Waals surface area (Å²) in [6, 6.07) is 6.42. The zero-order valence-corrected chi connectivity index (χ0v) is 19.2. The standard InChI is InChI=1S/C24H27FNO5P/c1-16(2)23-20(6-5-13-31-32(30)15-19(27)14-22(28)29)24(17-8-10-18(25)11-9-17)26-12-4-3-7-21(23)26/h8-11,16,19,27H,3-4,7,12-15H2,1-2H3/p+1/t19-/m0/s1. The van der Waals surface area contributed by atoms with Crippen LogP contribution in [0.15, 0.2) is 24.3 Å². The highest BCUT2D eigenvalue weighted by molar-refractivity contribution is 7.39. The van der Waals surface area contributed by atoms with Gasteiger partial charge in [0, 0.05) is 12.2 Å². The van der Waals surface area contributed by atoms with Crippen molar-refractivity contribution in [3.63, 3.8) is 0 Å². The molecule has 0 fully saturated rings. The number of fused-ring (bicyclic) bond motifs is 1. The molecule has 2 aromatic rings. The number of benzene rings is 1. The quantitative estimate of drug-likeness (QED) is 0.440. The SMILES string of the molecule is CC(C)c1c(C#CCO[P+](=O)C[C@@H](O)CC(=O)O)c(-c2ccc(F)cc2)n2c1CCCC2. The monoisotopic (exact) mass is 460 g/mol. The first-order valence-electron chi connectivity index (χ1n) is 10.8. The summed E-state index contributed by atoms with van der Waals surface area (Å²) < 4.78 is 33.0. The van der Waals surface area contributed by atoms with E-state index in [2.05, 4.69) is 30.3 Å². The molecule has 2 atom stereocenters. The van der Waals surface area contributed by atoms with Crippen LogP contribution in [0.4, 0.5) is 4.39 Å². The molecule has 170 valence electrons. The number of aliphatic hydroxyl groups is 1. The van der Waals surface area contributed by atoms with E-state index in [1.54, 1.807) is 12.1 Å². The van der Waals surface area contributed by atoms with Crippen LogP contribution in [0.5, 0.6) is 0 Å². The molecular formula is C24H28FNO5P+. The first-order valence-corrected chi connectivity index (χ1v) is 12.1. The number of aliphatic hydroxyl groups excluding tert-OH is 1. The van der Waals surface area contributed by atoms with Gasteiger partial charge in [0.15, 0.2) is 6.61 Å². The molecule has 0 amide bonds. The lowest BCUT2D eigenvalue weighted by Gasteiger charge is -2.19. The molecule has 3 rings (SSSR count). The van der Waals surface area contributed by atoms with Crippen LogP contribution in [0.25, 0.3) is 11.3 Å². The predicted molar refractivity (Wildman–Crippen MR) is 120 cm³/mol. The third-order valence-corrected chi connectivity index (χ3v) is 6.55. The molecule has 0 radical (unpaired) electrons. The summed E-state index contributed by atoms with van der Waals surface area (Å²) in [5.41, 5.74) is 5.19. The van der Waals surface area contributed by atoms with E-state index in [4.69, 9.17) is 9.63 Å². The fourth-order valence-corrected chi connectivity index (χ4v) is 4.93. The van der Waals surface area contributed by atoms with Gasteiger partial charge < -0.3 is 14.8 Å². The van der Waals surface area contributed by atoms with Gasteiger partial charge in [-0.05, 0) is 65.1 Å². The summed E-state index contributed by atoms with van der Waals surface area (Å²) in [7, 11) is -2.22. The van der Waals surface area contributed by atoms with Crippen LogP contribution in [0.1, 0.15) is 55.8 Å². The Morgan fingerprint density at radius 3 is 2.66 bits per heavy atom. The summed E-state index contributed by atoms with van der Waals surface area (Å²) in [6.45, 7) is 5.03. The summed E-state index contributed by atoms with van der Waals surface area (Å²) in [5, 5.41) is 18.3. The molecule has 1 unspecified atom stereocenters. The highest BCUT2D eigenvalue weighted by Gasteiger charge is 2.27. The van der Waals surface area contributed by atoms with E-state index in [0.717, 1.165) is 42.6 Å². The van der Waals surface area contributed by atoms with E-state index in [-0.39, 0.29) is 24.5 Å². The van der Waals surface area contributed by atoms with Gasteiger partial charge in [-0.1, -0.05) is 25.7 Å². The van der Waals surface area contributed by atoms with Crippen LogP contribution in [0, 0.1) is 17.7 Å². The number of carboxylic acid groups (broad SMARTS) is 1. The highest BCUT2D eigenvalue weighted by atomic mass is 31.1. The number of hydrogen-bond donors (Lipinski definition) is 2. The third-order valence-electron chi connectivity index (χ3n) is 5.42. The third kappa shape index (κ3) is 5.83. The molecule has 0 bridgehead atoms. The molecule has 0 spiro atoms. The maximum atomic E-state index is 13.5. The van der Waals surface area contributed by atoms with E-state index in [9.17, 15) is 18.9 Å². The van der Waals surface area contributed by atoms with Gasteiger partial charge in [0.2, 0.25) is 6.16 Å². The number of nitrogens with zero attached hydrogens (tertiary/aromatic N) is 1. The fraction of sp³-hybridized carbons (Fsp3) is 0.458. The number of aromatic nitrogens is 1. The van der Waals surface area contributed by atoms with Crippen LogP contribution < -0.4 is 0 Å². The second-order valence-corrected chi connectivity index (χ2v) is 9.49. The molecule has 1 aliphatic rings. The summed E-state index contributed by atoms with van der Waals surface area (Å²) in [6.07, 6.45) is 1.20. The average Bonchev–Trinajstić information content (AvgIpc) is 3.05. The van der Waals surface area contributed by atoms with E-state index in [1.165, 1.54) is 23.4 Å². The Morgan fingerprint density at radius 2 is 2.00 bits per heavy atom. The molecule has 0 saturated heterocycles. The molecule has 6 nitrogen and oxygen atoms in total. The van der Waals surface area contributed by atoms with E-state index < -0.39 is 26.5 Å². The molecule has 1 aromatic carbocycles. The van der Waals surface area contributed by atoms with Crippen molar-refractivity contribution in [2.75, 3.05) is 12.8 Å². The van der Waals surface area contributed by atoms with Gasteiger partial charge in [-0.15, -0.1) is 4.52 Å². The molecule has 0 saturated carbocycles. The Hall–Kier alpha value is -2.52. The van der Waals surface area contributed by atoms with Crippen molar-refractivity contribution in [3.05, 3.63) is 46.9 Å². The average molecular weight is 460 g/mol. The van der Waals surface area contributed by atoms with Crippen LogP contribution in [-0.2, 0) is 26.8 Å². The maximum Gasteiger partial charge on any atom is 0.511 e. The first-order chi connectivity index (χ1) is 15.3. The minimum Gasteiger partial charge on any atom is -0.481 e. The van der Waals surface area contributed by atoms with Gasteiger partial charge in [-0.3, -0.25) is 4.79 Å². The highest BCUT2D eigenvalue weighted by Crippen LogP contribution is 2.38. The molecule has 1 aromatic heterocycles. The Morgan fingerprint density at radius 1 is 1.28 bits per heavy atom. The summed E-state index contributed by atoms with van der Waals surface area (Å²) in [5.74, 6) is 4.93. The Bertz CT molecular complexity index is 1050. The Kier molecular flexibility index (Phi) is 8.20. The van der Waals surface area contributed by atoms with Crippen molar-refractivity contribution in [3.8, 4) is 23.1 Å². The van der Waals surface area contributed by atoms with Crippen LogP contribution >= 0.6 is 8.03 Å². The second-order valence-electron chi connectivity index (χ2n) is 8.20. The fourth-order valence-electron chi connectivity index (χ4n) is 4.14. The minimum absolute atomic E-state index is 0.101. The van der Waals surface area contributed by atoms with Crippen molar-refractivity contribution in [2.24, 2.45) is 0 Å². The van der Waals surface area contributed by atoms with Gasteiger partial charge in [0.1, 0.15) is 11.9 Å². The lowest BCUT2D eigenvalue weighted by molar-refractivity contribution is -0.138. The lowest BCUT2D eigenvalue weighted by Crippen LogP contribution is -2.15. The van der Waals surface area contributed by atoms with E-state index in [0.29, 0.717) is 0 Å². The predicted octanol–water partition coefficient (Wildman–Crippen LogP) is 4.70. The molecular weight excluding hydrogens is 432 g/mol. The van der Waals surface area contributed by atoms with Gasteiger partial charge in [0.25, 0.3) is 0 Å². The van der Waals surface area contributed by atoms with Crippen molar-refractivity contribution < 1.29 is 28.5 Å². The molecule has 2 heterocycles. The van der Waals surface area contributed by atoms with Gasteiger partial charge in [0.05, 0.1) is 17.7 Å². The minimum atomic E-state index is -2.22. The topological polar surface area (TPSA) is 88.8 Å². The number of aliphatic carboxylic acids is 1. The van der Waals surface area contributed by atoms with Gasteiger partial charge in [-0.25, -0.2) is 4.39 Å². The number of carbonyl (C=O) groups is 1. The van der Waals surface area contributed by atoms with Crippen molar-refractivity contribution >= 4 is 14.0 Å². The van der Waals surface area contributed by atoms with E-state index >= 15 is 0 Å². The normalized spacial score (nSPS) is 14.5. The van der Waals surface area contributed by atoms with Crippen molar-refractivity contribution in [1.29, 1.82) is 0 Å².